The van der Waals surface area contributed by atoms with Gasteiger partial charge in [0, 0.05) is 49.6 Å². The molecule has 0 N–H and O–H groups in total. The number of nitrogens with zero attached hydrogens (tertiary/aromatic N) is 1. The number of rotatable bonds is 8. The fourth-order valence-corrected chi connectivity index (χ4v) is 9.46. The first-order valence-electron chi connectivity index (χ1n) is 20.1. The largest absolute Gasteiger partial charge is 0.500 e. The molecule has 2 aliphatic heterocycles. The standard InChI is InChI=1S/C44H35NO4P.C8H10.Ir/c1-4-14-31(15-5-1)28-44(29-32-16-6-2-7-17-32,40-30-46-43(45-40)35-20-8-3-9-21-35)49-50-47-38-26-24-33-18-10-12-22-36(33)41(38)42-37-23-13-11-19-34(37)25-27-39(42)48-50;1-2-4-6-8-7-5-3-1;/h1-27,40,50H,28-30H2;1,8H,2,4-5,7H2;/q+1;-2;/t40-;;/m0../s1. The van der Waals surface area contributed by atoms with Gasteiger partial charge in [0.15, 0.2) is 17.1 Å². The Morgan fingerprint density at radius 1 is 0.576 bits per heavy atom. The zero-order valence-electron chi connectivity index (χ0n) is 32.7. The third-order valence-corrected chi connectivity index (χ3v) is 12.2. The molecule has 2 heterocycles. The predicted octanol–water partition coefficient (Wildman–Crippen LogP) is 12.8. The van der Waals surface area contributed by atoms with Crippen LogP contribution in [0, 0.1) is 12.2 Å². The van der Waals surface area contributed by atoms with Crippen molar-refractivity contribution in [1.82, 2.24) is 0 Å². The van der Waals surface area contributed by atoms with Gasteiger partial charge in [0.25, 0.3) is 0 Å². The summed E-state index contributed by atoms with van der Waals surface area (Å²) in [7, 11) is -2.48. The van der Waals surface area contributed by atoms with Gasteiger partial charge in [-0.3, -0.25) is 21.2 Å². The molecule has 0 aromatic heterocycles. The van der Waals surface area contributed by atoms with Crippen LogP contribution < -0.4 is 9.05 Å². The molecule has 5 nitrogen and oxygen atoms in total. The molecule has 297 valence electrons. The molecule has 0 saturated carbocycles. The predicted molar refractivity (Wildman–Crippen MR) is 237 cm³/mol. The number of ether oxygens (including phenoxy) is 1. The summed E-state index contributed by atoms with van der Waals surface area (Å²) >= 11 is 0. The van der Waals surface area contributed by atoms with Crippen molar-refractivity contribution < 1.29 is 38.4 Å². The summed E-state index contributed by atoms with van der Waals surface area (Å²) in [5, 5.41) is 4.49. The molecule has 59 heavy (non-hydrogen) atoms. The van der Waals surface area contributed by atoms with Crippen molar-refractivity contribution in [2.45, 2.75) is 50.2 Å². The first kappa shape index (κ1) is 40.4. The van der Waals surface area contributed by atoms with Crippen LogP contribution in [-0.4, -0.2) is 24.1 Å². The summed E-state index contributed by atoms with van der Waals surface area (Å²) in [4.78, 5) is 5.26. The number of allylic oxidation sites excluding steroid dienone is 4. The van der Waals surface area contributed by atoms with Crippen LogP contribution in [-0.2, 0) is 42.2 Å². The van der Waals surface area contributed by atoms with Gasteiger partial charge < -0.3 is 16.9 Å². The van der Waals surface area contributed by atoms with Crippen molar-refractivity contribution in [2.75, 3.05) is 6.61 Å². The molecule has 7 aromatic carbocycles. The Labute approximate surface area is 361 Å². The van der Waals surface area contributed by atoms with Crippen molar-refractivity contribution in [3.63, 3.8) is 0 Å². The van der Waals surface area contributed by atoms with Crippen LogP contribution >= 0.6 is 8.60 Å². The molecule has 10 rings (SSSR count). The van der Waals surface area contributed by atoms with E-state index in [0.717, 1.165) is 86.5 Å². The van der Waals surface area contributed by atoms with Crippen molar-refractivity contribution in [3.8, 4) is 22.6 Å². The minimum Gasteiger partial charge on any atom is -0.500 e. The van der Waals surface area contributed by atoms with E-state index in [1.807, 2.05) is 42.5 Å². The van der Waals surface area contributed by atoms with E-state index in [1.165, 1.54) is 0 Å². The van der Waals surface area contributed by atoms with Gasteiger partial charge in [-0.05, 0) is 56.9 Å². The molecule has 0 amide bonds. The molecule has 7 heteroatoms. The zero-order valence-corrected chi connectivity index (χ0v) is 36.1. The zero-order chi connectivity index (χ0) is 39.0. The molecule has 0 spiro atoms. The molecule has 0 saturated heterocycles. The second-order valence-electron chi connectivity index (χ2n) is 14.8. The molecule has 1 aliphatic carbocycles. The quantitative estimate of drug-likeness (QED) is 0.112. The number of benzene rings is 7. The smallest absolute Gasteiger partial charge is 0.486 e. The fraction of sp³-hybridized carbons (Fsp3) is 0.173. The third-order valence-electron chi connectivity index (χ3n) is 10.8. The van der Waals surface area contributed by atoms with Gasteiger partial charge in [0.1, 0.15) is 12.6 Å². The molecule has 7 aromatic rings. The summed E-state index contributed by atoms with van der Waals surface area (Å²) in [6, 6.07) is 56.0. The van der Waals surface area contributed by atoms with E-state index in [4.69, 9.17) is 23.3 Å². The van der Waals surface area contributed by atoms with Crippen LogP contribution in [0.5, 0.6) is 11.5 Å². The Morgan fingerprint density at radius 3 is 1.58 bits per heavy atom. The summed E-state index contributed by atoms with van der Waals surface area (Å²) < 4.78 is 27.7. The second kappa shape index (κ2) is 19.1. The molecule has 1 atom stereocenters. The van der Waals surface area contributed by atoms with Gasteiger partial charge in [-0.1, -0.05) is 152 Å². The summed E-state index contributed by atoms with van der Waals surface area (Å²) in [6.07, 6.45) is 16.2. The third kappa shape index (κ3) is 9.28. The molecule has 3 aliphatic rings. The maximum absolute atomic E-state index is 7.44. The Morgan fingerprint density at radius 2 is 1.05 bits per heavy atom. The van der Waals surface area contributed by atoms with Crippen LogP contribution in [0.2, 0.25) is 0 Å². The van der Waals surface area contributed by atoms with Crippen LogP contribution in [0.3, 0.4) is 0 Å². The molecule has 0 unspecified atom stereocenters. The Kier molecular flexibility index (Phi) is 13.1. The van der Waals surface area contributed by atoms with Gasteiger partial charge >= 0.3 is 8.60 Å². The normalized spacial score (nSPS) is 16.0. The average molecular weight is 971 g/mol. The fourth-order valence-electron chi connectivity index (χ4n) is 8.02. The maximum atomic E-state index is 7.44. The molecule has 0 fully saturated rings. The number of aliphatic imine (C=N–C) groups is 1. The average Bonchev–Trinajstić information content (AvgIpc) is 3.70. The maximum Gasteiger partial charge on any atom is 0.486 e. The van der Waals surface area contributed by atoms with Crippen LogP contribution in [0.4, 0.5) is 0 Å². The van der Waals surface area contributed by atoms with Gasteiger partial charge in [-0.15, -0.1) is 0 Å². The van der Waals surface area contributed by atoms with Crippen molar-refractivity contribution in [3.05, 3.63) is 205 Å². The molecule has 1 radical (unpaired) electrons. The summed E-state index contributed by atoms with van der Waals surface area (Å²) in [5.74, 6) is 2.12. The molecule has 0 bridgehead atoms. The van der Waals surface area contributed by atoms with Crippen molar-refractivity contribution in [2.24, 2.45) is 4.99 Å². The van der Waals surface area contributed by atoms with Crippen molar-refractivity contribution in [1.29, 1.82) is 0 Å². The molecular formula is C52H45IrNO4P-. The van der Waals surface area contributed by atoms with Gasteiger partial charge in [-0.2, -0.15) is 17.4 Å². The van der Waals surface area contributed by atoms with E-state index < -0.39 is 14.2 Å². The van der Waals surface area contributed by atoms with E-state index in [0.29, 0.717) is 25.3 Å². The summed E-state index contributed by atoms with van der Waals surface area (Å²) in [5.41, 5.74) is 4.39. The van der Waals surface area contributed by atoms with Crippen LogP contribution in [0.1, 0.15) is 42.4 Å². The van der Waals surface area contributed by atoms with E-state index in [2.05, 4.69) is 146 Å². The van der Waals surface area contributed by atoms with Crippen LogP contribution in [0.25, 0.3) is 32.7 Å². The van der Waals surface area contributed by atoms with Crippen LogP contribution in [0.15, 0.2) is 181 Å². The first-order chi connectivity index (χ1) is 28.7. The van der Waals surface area contributed by atoms with E-state index in [-0.39, 0.29) is 26.1 Å². The van der Waals surface area contributed by atoms with Gasteiger partial charge in [0.05, 0.1) is 0 Å². The van der Waals surface area contributed by atoms with Gasteiger partial charge in [0.2, 0.25) is 5.90 Å². The van der Waals surface area contributed by atoms with Crippen molar-refractivity contribution >= 4 is 36.0 Å². The second-order valence-corrected chi connectivity index (χ2v) is 15.9. The van der Waals surface area contributed by atoms with E-state index in [1.54, 1.807) is 0 Å². The summed E-state index contributed by atoms with van der Waals surface area (Å²) in [6.45, 7) is 0.376. The topological polar surface area (TPSA) is 49.3 Å². The first-order valence-corrected chi connectivity index (χ1v) is 21.3. The Hall–Kier alpha value is -5.35. The minimum absolute atomic E-state index is 0. The SMILES string of the molecule is [C-]1=CCC[C-]=CCC1.[Ir].c1ccc(CC(Cc2ccccc2)(O[PH+]2Oc3ccc4ccccc4c3-c3c(ccc4ccccc34)O2)[C@@H]2COC(c3ccccc3)=N2)cc1. The number of hydrogen-bond acceptors (Lipinski definition) is 5. The van der Waals surface area contributed by atoms with Gasteiger partial charge in [-0.25, -0.2) is 4.99 Å². The Balaban J connectivity index is 0.000000484. The van der Waals surface area contributed by atoms with E-state index >= 15 is 0 Å². The molecular weight excluding hydrogens is 926 g/mol. The van der Waals surface area contributed by atoms with E-state index in [9.17, 15) is 0 Å². The Bertz CT molecular complexity index is 2420. The number of fused-ring (bicyclic) bond motifs is 7. The monoisotopic (exact) mass is 971 g/mol. The minimum atomic E-state index is -2.48. The number of hydrogen-bond donors (Lipinski definition) is 0.